The van der Waals surface area contributed by atoms with E-state index in [0.29, 0.717) is 32.8 Å². The maximum absolute atomic E-state index is 13.3. The molecule has 0 radical (unpaired) electrons. The minimum Gasteiger partial charge on any atom is -0.267 e. The van der Waals surface area contributed by atoms with Crippen LogP contribution in [0, 0.1) is 6.57 Å². The van der Waals surface area contributed by atoms with Gasteiger partial charge in [-0.15, -0.1) is 0 Å². The van der Waals surface area contributed by atoms with Gasteiger partial charge in [0.2, 0.25) is 0 Å². The predicted molar refractivity (Wildman–Crippen MR) is 113 cm³/mol. The largest absolute Gasteiger partial charge is 0.337 e. The van der Waals surface area contributed by atoms with Gasteiger partial charge in [-0.1, -0.05) is 41.4 Å². The van der Waals surface area contributed by atoms with Crippen LogP contribution in [-0.2, 0) is 0 Å². The molecule has 0 aliphatic heterocycles. The Hall–Kier alpha value is -3.26. The van der Waals surface area contributed by atoms with Gasteiger partial charge in [0.1, 0.15) is 0 Å². The first-order valence-corrected chi connectivity index (χ1v) is 9.16. The summed E-state index contributed by atoms with van der Waals surface area (Å²) in [5.74, 6) is 0. The molecule has 6 heteroatoms. The zero-order chi connectivity index (χ0) is 19.7. The molecule has 136 valence electrons. The third kappa shape index (κ3) is 3.34. The van der Waals surface area contributed by atoms with Crippen LogP contribution < -0.4 is 5.69 Å². The summed E-state index contributed by atoms with van der Waals surface area (Å²) in [6.07, 6.45) is 1.77. The lowest BCUT2D eigenvalue weighted by Gasteiger charge is -2.08. The van der Waals surface area contributed by atoms with Gasteiger partial charge < -0.3 is 0 Å². The first kappa shape index (κ1) is 18.1. The second-order valence-electron chi connectivity index (χ2n) is 6.12. The lowest BCUT2D eigenvalue weighted by Crippen LogP contribution is -2.22. The summed E-state index contributed by atoms with van der Waals surface area (Å²) in [5, 5.41) is 1.18. The number of nitrogens with zero attached hydrogens (tertiary/aromatic N) is 3. The van der Waals surface area contributed by atoms with Gasteiger partial charge in [-0.25, -0.2) is 9.64 Å². The highest BCUT2D eigenvalue weighted by atomic mass is 35.5. The van der Waals surface area contributed by atoms with Gasteiger partial charge in [-0.3, -0.25) is 9.13 Å². The third-order valence-electron chi connectivity index (χ3n) is 4.35. The summed E-state index contributed by atoms with van der Waals surface area (Å²) in [4.78, 5) is 16.8. The monoisotopic (exact) mass is 405 g/mol. The zero-order valence-corrected chi connectivity index (χ0v) is 16.0. The van der Waals surface area contributed by atoms with Gasteiger partial charge >= 0.3 is 5.69 Å². The second kappa shape index (κ2) is 7.40. The van der Waals surface area contributed by atoms with E-state index in [-0.39, 0.29) is 5.69 Å². The van der Waals surface area contributed by atoms with Crippen LogP contribution >= 0.6 is 23.2 Å². The average molecular weight is 406 g/mol. The van der Waals surface area contributed by atoms with Crippen LogP contribution in [0.4, 0.5) is 5.69 Å². The van der Waals surface area contributed by atoms with Crippen molar-refractivity contribution in [2.45, 2.75) is 0 Å². The Balaban J connectivity index is 1.99. The molecule has 0 bridgehead atoms. The first-order valence-electron chi connectivity index (χ1n) is 8.41. The standard InChI is InChI=1S/C22H13Cl2N3O/c1-25-18-4-2-3-15(13-18)21-14-26(19-9-5-16(23)6-10-19)22(28)27(21)20-11-7-17(24)8-12-20/h2-14H. The van der Waals surface area contributed by atoms with E-state index in [0.717, 1.165) is 5.56 Å². The van der Waals surface area contributed by atoms with E-state index in [1.807, 2.05) is 6.07 Å². The summed E-state index contributed by atoms with van der Waals surface area (Å²) in [6.45, 7) is 7.27. The molecule has 0 aliphatic carbocycles. The maximum atomic E-state index is 13.3. The molecule has 0 saturated carbocycles. The normalized spacial score (nSPS) is 10.6. The van der Waals surface area contributed by atoms with Crippen molar-refractivity contribution >= 4 is 28.9 Å². The topological polar surface area (TPSA) is 31.3 Å². The number of hydrogen-bond acceptors (Lipinski definition) is 1. The molecule has 4 nitrogen and oxygen atoms in total. The predicted octanol–water partition coefficient (Wildman–Crippen LogP) is 6.15. The molecule has 0 aliphatic rings. The van der Waals surface area contributed by atoms with Crippen LogP contribution in [0.5, 0.6) is 0 Å². The van der Waals surface area contributed by atoms with E-state index in [1.54, 1.807) is 82.1 Å². The molecule has 3 aromatic carbocycles. The summed E-state index contributed by atoms with van der Waals surface area (Å²) < 4.78 is 3.17. The lowest BCUT2D eigenvalue weighted by atomic mass is 10.1. The van der Waals surface area contributed by atoms with E-state index >= 15 is 0 Å². The molecule has 4 aromatic rings. The quantitative estimate of drug-likeness (QED) is 0.376. The average Bonchev–Trinajstić information content (AvgIpc) is 3.06. The van der Waals surface area contributed by atoms with Crippen molar-refractivity contribution in [3.05, 3.63) is 111 Å². The fourth-order valence-corrected chi connectivity index (χ4v) is 3.26. The fourth-order valence-electron chi connectivity index (χ4n) is 3.01. The summed E-state index contributed by atoms with van der Waals surface area (Å²) in [6, 6.07) is 21.3. The Kier molecular flexibility index (Phi) is 4.79. The maximum Gasteiger partial charge on any atom is 0.337 e. The smallest absolute Gasteiger partial charge is 0.267 e. The summed E-state index contributed by atoms with van der Waals surface area (Å²) in [5.41, 5.74) is 3.11. The van der Waals surface area contributed by atoms with E-state index in [9.17, 15) is 4.79 Å². The van der Waals surface area contributed by atoms with Crippen molar-refractivity contribution < 1.29 is 0 Å². The van der Waals surface area contributed by atoms with Gasteiger partial charge in [0.15, 0.2) is 5.69 Å². The third-order valence-corrected chi connectivity index (χ3v) is 4.85. The molecular formula is C22H13Cl2N3O. The molecule has 0 N–H and O–H groups in total. The van der Waals surface area contributed by atoms with Crippen LogP contribution in [0.1, 0.15) is 0 Å². The van der Waals surface area contributed by atoms with Crippen molar-refractivity contribution in [2.75, 3.05) is 0 Å². The van der Waals surface area contributed by atoms with Crippen molar-refractivity contribution in [1.82, 2.24) is 9.13 Å². The number of imidazole rings is 1. The Morgan fingerprint density at radius 3 is 2.04 bits per heavy atom. The molecule has 0 amide bonds. The molecule has 0 unspecified atom stereocenters. The van der Waals surface area contributed by atoms with E-state index < -0.39 is 0 Å². The van der Waals surface area contributed by atoms with Crippen molar-refractivity contribution in [3.8, 4) is 22.6 Å². The summed E-state index contributed by atoms with van der Waals surface area (Å²) in [7, 11) is 0. The molecular weight excluding hydrogens is 393 g/mol. The molecule has 0 spiro atoms. The molecule has 1 heterocycles. The highest BCUT2D eigenvalue weighted by Crippen LogP contribution is 2.27. The molecule has 0 atom stereocenters. The second-order valence-corrected chi connectivity index (χ2v) is 6.99. The van der Waals surface area contributed by atoms with Crippen LogP contribution in [0.15, 0.2) is 83.8 Å². The van der Waals surface area contributed by atoms with Gasteiger partial charge in [0.25, 0.3) is 0 Å². The van der Waals surface area contributed by atoms with E-state index in [2.05, 4.69) is 4.85 Å². The zero-order valence-electron chi connectivity index (χ0n) is 14.5. The Morgan fingerprint density at radius 1 is 0.821 bits per heavy atom. The Labute approximate surface area is 171 Å². The summed E-state index contributed by atoms with van der Waals surface area (Å²) >= 11 is 12.0. The minimum atomic E-state index is -0.229. The number of aromatic nitrogens is 2. The molecule has 1 aromatic heterocycles. The van der Waals surface area contributed by atoms with E-state index in [4.69, 9.17) is 29.8 Å². The first-order chi connectivity index (χ1) is 13.6. The van der Waals surface area contributed by atoms with Gasteiger partial charge in [-0.05, 0) is 60.2 Å². The van der Waals surface area contributed by atoms with Gasteiger partial charge in [-0.2, -0.15) is 0 Å². The van der Waals surface area contributed by atoms with Gasteiger partial charge in [0, 0.05) is 16.2 Å². The highest BCUT2D eigenvalue weighted by molar-refractivity contribution is 6.30. The molecule has 0 fully saturated rings. The fraction of sp³-hybridized carbons (Fsp3) is 0. The van der Waals surface area contributed by atoms with Crippen LogP contribution in [0.25, 0.3) is 27.5 Å². The van der Waals surface area contributed by atoms with Crippen LogP contribution in [0.2, 0.25) is 10.0 Å². The van der Waals surface area contributed by atoms with Crippen molar-refractivity contribution in [3.63, 3.8) is 0 Å². The number of hydrogen-bond donors (Lipinski definition) is 0. The van der Waals surface area contributed by atoms with Crippen molar-refractivity contribution in [1.29, 1.82) is 0 Å². The Morgan fingerprint density at radius 2 is 1.43 bits per heavy atom. The minimum absolute atomic E-state index is 0.229. The lowest BCUT2D eigenvalue weighted by molar-refractivity contribution is 0.911. The number of halogens is 2. The van der Waals surface area contributed by atoms with Gasteiger partial charge in [0.05, 0.1) is 23.6 Å². The number of rotatable bonds is 3. The van der Waals surface area contributed by atoms with Crippen molar-refractivity contribution in [2.24, 2.45) is 0 Å². The number of benzene rings is 3. The highest BCUT2D eigenvalue weighted by Gasteiger charge is 2.16. The van der Waals surface area contributed by atoms with Crippen LogP contribution in [-0.4, -0.2) is 9.13 Å². The van der Waals surface area contributed by atoms with E-state index in [1.165, 1.54) is 0 Å². The van der Waals surface area contributed by atoms with Crippen LogP contribution in [0.3, 0.4) is 0 Å². The SMILES string of the molecule is [C-]#[N+]c1cccc(-c2cn(-c3ccc(Cl)cc3)c(=O)n2-c2ccc(Cl)cc2)c1. The Bertz CT molecular complexity index is 1250. The molecule has 4 rings (SSSR count). The molecule has 28 heavy (non-hydrogen) atoms. The molecule has 0 saturated heterocycles.